The first-order valence-corrected chi connectivity index (χ1v) is 9.51. The van der Waals surface area contributed by atoms with Gasteiger partial charge >= 0.3 is 12.1 Å². The molecule has 5 rings (SSSR count). The van der Waals surface area contributed by atoms with Crippen molar-refractivity contribution in [1.82, 2.24) is 14.5 Å². The molecule has 0 bridgehead atoms. The molecule has 0 saturated carbocycles. The minimum absolute atomic E-state index is 0.00665. The number of carboxylic acids is 1. The van der Waals surface area contributed by atoms with E-state index in [-0.39, 0.29) is 24.9 Å². The first-order chi connectivity index (χ1) is 14.1. The monoisotopic (exact) mass is 389 g/mol. The average Bonchev–Trinajstić information content (AvgIpc) is 3.31. The summed E-state index contributed by atoms with van der Waals surface area (Å²) in [5.41, 5.74) is 5.41. The second-order valence-corrected chi connectivity index (χ2v) is 7.26. The third-order valence-corrected chi connectivity index (χ3v) is 5.67. The zero-order valence-corrected chi connectivity index (χ0v) is 15.6. The minimum atomic E-state index is -1.06. The molecule has 0 fully saturated rings. The highest BCUT2D eigenvalue weighted by Crippen LogP contribution is 2.44. The van der Waals surface area contributed by atoms with E-state index in [1.807, 2.05) is 24.3 Å². The number of nitrogens with zero attached hydrogens (tertiary/aromatic N) is 3. The number of fused-ring (bicyclic) bond motifs is 4. The maximum Gasteiger partial charge on any atom is 0.410 e. The van der Waals surface area contributed by atoms with Gasteiger partial charge in [0.1, 0.15) is 6.61 Å². The Labute approximate surface area is 167 Å². The fourth-order valence-corrected chi connectivity index (χ4v) is 4.29. The van der Waals surface area contributed by atoms with E-state index in [9.17, 15) is 14.7 Å². The molecule has 1 aliphatic heterocycles. The lowest BCUT2D eigenvalue weighted by Crippen LogP contribution is -2.39. The Kier molecular flexibility index (Phi) is 4.08. The molecular weight excluding hydrogens is 370 g/mol. The molecule has 7 heteroatoms. The van der Waals surface area contributed by atoms with Gasteiger partial charge in [0.05, 0.1) is 18.4 Å². The number of aromatic carboxylic acids is 1. The molecule has 0 radical (unpaired) electrons. The van der Waals surface area contributed by atoms with Crippen LogP contribution in [0.2, 0.25) is 0 Å². The number of hydrogen-bond acceptors (Lipinski definition) is 4. The quantitative estimate of drug-likeness (QED) is 0.743. The van der Waals surface area contributed by atoms with Gasteiger partial charge in [0, 0.05) is 19.0 Å². The summed E-state index contributed by atoms with van der Waals surface area (Å²) in [6.07, 6.45) is 1.11. The second kappa shape index (κ2) is 6.77. The van der Waals surface area contributed by atoms with Crippen LogP contribution in [0.4, 0.5) is 4.79 Å². The molecule has 2 aliphatic rings. The fraction of sp³-hybridized carbons (Fsp3) is 0.227. The predicted molar refractivity (Wildman–Crippen MR) is 105 cm³/mol. The Bertz CT molecular complexity index is 1080. The standard InChI is InChI=1S/C22H19N3O4/c26-21(27)20-23-11-14-12-24(9-10-25(14)20)22(28)29-13-19-17-7-3-1-5-15(17)16-6-2-4-8-18(16)19/h1-8,11,19H,9-10,12-13H2,(H,26,27). The van der Waals surface area contributed by atoms with Gasteiger partial charge in [-0.25, -0.2) is 14.6 Å². The van der Waals surface area contributed by atoms with Crippen molar-refractivity contribution in [3.8, 4) is 11.1 Å². The van der Waals surface area contributed by atoms with Crippen molar-refractivity contribution in [3.63, 3.8) is 0 Å². The van der Waals surface area contributed by atoms with E-state index in [0.717, 1.165) is 0 Å². The summed E-state index contributed by atoms with van der Waals surface area (Å²) < 4.78 is 7.32. The second-order valence-electron chi connectivity index (χ2n) is 7.26. The molecule has 29 heavy (non-hydrogen) atoms. The van der Waals surface area contributed by atoms with E-state index in [1.165, 1.54) is 28.5 Å². The van der Waals surface area contributed by atoms with Gasteiger partial charge in [-0.2, -0.15) is 0 Å². The van der Waals surface area contributed by atoms with Crippen LogP contribution in [0.5, 0.6) is 0 Å². The molecule has 1 aromatic heterocycles. The van der Waals surface area contributed by atoms with Crippen LogP contribution >= 0.6 is 0 Å². The number of carbonyl (C=O) groups is 2. The first-order valence-electron chi connectivity index (χ1n) is 9.51. The Morgan fingerprint density at radius 3 is 2.34 bits per heavy atom. The normalized spacial score (nSPS) is 14.8. The Morgan fingerprint density at radius 1 is 1.03 bits per heavy atom. The summed E-state index contributed by atoms with van der Waals surface area (Å²) in [7, 11) is 0. The number of hydrogen-bond donors (Lipinski definition) is 1. The van der Waals surface area contributed by atoms with Gasteiger partial charge in [0.2, 0.25) is 5.82 Å². The van der Waals surface area contributed by atoms with E-state index >= 15 is 0 Å². The number of imidazole rings is 1. The highest BCUT2D eigenvalue weighted by molar-refractivity contribution is 5.83. The molecule has 2 heterocycles. The Hall–Kier alpha value is -3.61. The van der Waals surface area contributed by atoms with E-state index in [1.54, 1.807) is 9.47 Å². The molecule has 1 aliphatic carbocycles. The van der Waals surface area contributed by atoms with Crippen LogP contribution in [0.25, 0.3) is 11.1 Å². The maximum atomic E-state index is 12.7. The summed E-state index contributed by atoms with van der Waals surface area (Å²) >= 11 is 0. The molecule has 0 spiro atoms. The van der Waals surface area contributed by atoms with Gasteiger partial charge in [-0.15, -0.1) is 0 Å². The van der Waals surface area contributed by atoms with Crippen LogP contribution in [0, 0.1) is 0 Å². The molecule has 0 unspecified atom stereocenters. The van der Waals surface area contributed by atoms with E-state index in [0.29, 0.717) is 18.8 Å². The predicted octanol–water partition coefficient (Wildman–Crippen LogP) is 3.35. The van der Waals surface area contributed by atoms with Crippen molar-refractivity contribution in [3.05, 3.63) is 77.4 Å². The lowest BCUT2D eigenvalue weighted by Gasteiger charge is -2.28. The summed E-state index contributed by atoms with van der Waals surface area (Å²) in [6, 6.07) is 16.4. The zero-order valence-electron chi connectivity index (χ0n) is 15.6. The van der Waals surface area contributed by atoms with E-state index in [4.69, 9.17) is 4.74 Å². The number of aromatic nitrogens is 2. The molecule has 1 N–H and O–H groups in total. The smallest absolute Gasteiger partial charge is 0.410 e. The topological polar surface area (TPSA) is 84.7 Å². The third-order valence-electron chi connectivity index (χ3n) is 5.67. The molecule has 2 aromatic carbocycles. The molecular formula is C22H19N3O4. The van der Waals surface area contributed by atoms with Crippen LogP contribution in [-0.4, -0.2) is 44.8 Å². The lowest BCUT2D eigenvalue weighted by atomic mass is 9.98. The minimum Gasteiger partial charge on any atom is -0.475 e. The number of carbonyl (C=O) groups excluding carboxylic acids is 1. The summed E-state index contributed by atoms with van der Waals surface area (Å²) in [5, 5.41) is 9.18. The summed E-state index contributed by atoms with van der Waals surface area (Å²) in [4.78, 5) is 29.4. The number of ether oxygens (including phenoxy) is 1. The molecule has 0 atom stereocenters. The number of benzene rings is 2. The molecule has 0 saturated heterocycles. The first kappa shape index (κ1) is 17.5. The van der Waals surface area contributed by atoms with Crippen molar-refractivity contribution >= 4 is 12.1 Å². The third kappa shape index (κ3) is 2.86. The molecule has 146 valence electrons. The van der Waals surface area contributed by atoms with Crippen LogP contribution in [0.3, 0.4) is 0 Å². The number of amides is 1. The largest absolute Gasteiger partial charge is 0.475 e. The lowest BCUT2D eigenvalue weighted by molar-refractivity contribution is 0.0671. The van der Waals surface area contributed by atoms with Crippen LogP contribution in [-0.2, 0) is 17.8 Å². The van der Waals surface area contributed by atoms with Gasteiger partial charge < -0.3 is 19.3 Å². The van der Waals surface area contributed by atoms with Gasteiger partial charge in [-0.1, -0.05) is 48.5 Å². The van der Waals surface area contributed by atoms with Gasteiger partial charge in [-0.3, -0.25) is 0 Å². The Morgan fingerprint density at radius 2 is 1.69 bits per heavy atom. The van der Waals surface area contributed by atoms with Gasteiger partial charge in [-0.05, 0) is 22.3 Å². The number of rotatable bonds is 3. The fourth-order valence-electron chi connectivity index (χ4n) is 4.29. The van der Waals surface area contributed by atoms with Crippen molar-refractivity contribution in [2.24, 2.45) is 0 Å². The van der Waals surface area contributed by atoms with Gasteiger partial charge in [0.15, 0.2) is 0 Å². The van der Waals surface area contributed by atoms with Crippen LogP contribution < -0.4 is 0 Å². The van der Waals surface area contributed by atoms with Crippen LogP contribution in [0.1, 0.15) is 33.4 Å². The Balaban J connectivity index is 1.31. The number of carboxylic acid groups (broad SMARTS) is 1. The highest BCUT2D eigenvalue weighted by atomic mass is 16.6. The van der Waals surface area contributed by atoms with Crippen molar-refractivity contribution in [2.45, 2.75) is 19.0 Å². The zero-order chi connectivity index (χ0) is 20.0. The molecule has 3 aromatic rings. The molecule has 1 amide bonds. The van der Waals surface area contributed by atoms with E-state index < -0.39 is 12.1 Å². The maximum absolute atomic E-state index is 12.7. The highest BCUT2D eigenvalue weighted by Gasteiger charge is 2.31. The summed E-state index contributed by atoms with van der Waals surface area (Å²) in [5.74, 6) is -1.04. The van der Waals surface area contributed by atoms with Crippen molar-refractivity contribution < 1.29 is 19.4 Å². The van der Waals surface area contributed by atoms with Crippen LogP contribution in [0.15, 0.2) is 54.7 Å². The van der Waals surface area contributed by atoms with E-state index in [2.05, 4.69) is 29.2 Å². The average molecular weight is 389 g/mol. The molecule has 7 nitrogen and oxygen atoms in total. The van der Waals surface area contributed by atoms with Crippen molar-refractivity contribution in [2.75, 3.05) is 13.2 Å². The van der Waals surface area contributed by atoms with Crippen molar-refractivity contribution in [1.29, 1.82) is 0 Å². The van der Waals surface area contributed by atoms with Gasteiger partial charge in [0.25, 0.3) is 0 Å². The summed E-state index contributed by atoms with van der Waals surface area (Å²) in [6.45, 7) is 1.33. The SMILES string of the molecule is O=C(O)c1ncc2n1CCN(C(=O)OCC1c3ccccc3-c3ccccc31)C2.